The van der Waals surface area contributed by atoms with Crippen LogP contribution < -0.4 is 10.5 Å². The summed E-state index contributed by atoms with van der Waals surface area (Å²) in [6.07, 6.45) is 1.41. The van der Waals surface area contributed by atoms with Gasteiger partial charge < -0.3 is 20.1 Å². The molecule has 2 rings (SSSR count). The van der Waals surface area contributed by atoms with Crippen LogP contribution >= 0.6 is 0 Å². The molecule has 0 saturated carbocycles. The number of rotatable bonds is 7. The molecule has 0 bridgehead atoms. The molecule has 0 atom stereocenters. The summed E-state index contributed by atoms with van der Waals surface area (Å²) in [4.78, 5) is 14.4. The van der Waals surface area contributed by atoms with Crippen LogP contribution in [0.2, 0.25) is 0 Å². The molecule has 2 aromatic carbocycles. The highest BCUT2D eigenvalue weighted by atomic mass is 16.6. The maximum Gasteiger partial charge on any atom is 0.410 e. The van der Waals surface area contributed by atoms with Gasteiger partial charge in [-0.25, -0.2) is 4.79 Å². The predicted octanol–water partition coefficient (Wildman–Crippen LogP) is 4.65. The number of nitrogens with two attached hydrogens (primary N) is 1. The first-order valence-corrected chi connectivity index (χ1v) is 9.22. The Hall–Kier alpha value is -2.69. The van der Waals surface area contributed by atoms with Crippen LogP contribution in [0.5, 0.6) is 5.75 Å². The summed E-state index contributed by atoms with van der Waals surface area (Å²) in [5.41, 5.74) is 8.23. The van der Waals surface area contributed by atoms with E-state index in [-0.39, 0.29) is 6.09 Å². The van der Waals surface area contributed by atoms with Crippen molar-refractivity contribution in [3.05, 3.63) is 59.7 Å². The van der Waals surface area contributed by atoms with Crippen molar-refractivity contribution in [2.75, 3.05) is 19.4 Å². The van der Waals surface area contributed by atoms with Gasteiger partial charge in [0.1, 0.15) is 11.4 Å². The molecule has 0 aliphatic carbocycles. The first-order chi connectivity index (χ1) is 12.8. The van der Waals surface area contributed by atoms with Crippen LogP contribution in [0.1, 0.15) is 38.3 Å². The third-order valence-corrected chi connectivity index (χ3v) is 4.03. The van der Waals surface area contributed by atoms with Crippen LogP contribution in [0.25, 0.3) is 0 Å². The molecule has 0 heterocycles. The van der Waals surface area contributed by atoms with E-state index in [1.807, 2.05) is 57.2 Å². The van der Waals surface area contributed by atoms with E-state index in [2.05, 4.69) is 12.1 Å². The van der Waals surface area contributed by atoms with Crippen LogP contribution in [0.3, 0.4) is 0 Å². The van der Waals surface area contributed by atoms with Crippen molar-refractivity contribution in [2.24, 2.45) is 0 Å². The second-order valence-corrected chi connectivity index (χ2v) is 7.60. The lowest BCUT2D eigenvalue weighted by Gasteiger charge is -2.27. The molecule has 27 heavy (non-hydrogen) atoms. The van der Waals surface area contributed by atoms with Crippen LogP contribution in [0.15, 0.2) is 48.5 Å². The SMILES string of the molecule is COc1ccc(CCCN(Cc2cccc(N)c2)C(=O)OC(C)(C)C)cc1. The van der Waals surface area contributed by atoms with E-state index in [1.54, 1.807) is 12.0 Å². The Morgan fingerprint density at radius 3 is 2.37 bits per heavy atom. The molecular formula is C22H30N2O3. The molecule has 5 nitrogen and oxygen atoms in total. The molecule has 0 aliphatic rings. The molecule has 1 amide bonds. The van der Waals surface area contributed by atoms with Gasteiger partial charge in [0.15, 0.2) is 0 Å². The quantitative estimate of drug-likeness (QED) is 0.721. The number of aryl methyl sites for hydroxylation is 1. The standard InChI is InChI=1S/C22H30N2O3/c1-22(2,3)27-21(25)24(16-18-7-5-9-19(23)15-18)14-6-8-17-10-12-20(26-4)13-11-17/h5,7,9-13,15H,6,8,14,16,23H2,1-4H3. The molecule has 0 aliphatic heterocycles. The Labute approximate surface area is 162 Å². The number of amides is 1. The fraction of sp³-hybridized carbons (Fsp3) is 0.409. The highest BCUT2D eigenvalue weighted by Gasteiger charge is 2.22. The van der Waals surface area contributed by atoms with Crippen molar-refractivity contribution < 1.29 is 14.3 Å². The van der Waals surface area contributed by atoms with E-state index in [9.17, 15) is 4.79 Å². The lowest BCUT2D eigenvalue weighted by atomic mass is 10.1. The number of hydrogen-bond acceptors (Lipinski definition) is 4. The smallest absolute Gasteiger partial charge is 0.410 e. The van der Waals surface area contributed by atoms with Gasteiger partial charge in [-0.15, -0.1) is 0 Å². The summed E-state index contributed by atoms with van der Waals surface area (Å²) in [7, 11) is 1.66. The Morgan fingerprint density at radius 1 is 1.07 bits per heavy atom. The van der Waals surface area contributed by atoms with Gasteiger partial charge >= 0.3 is 6.09 Å². The van der Waals surface area contributed by atoms with E-state index in [0.29, 0.717) is 18.8 Å². The van der Waals surface area contributed by atoms with Gasteiger partial charge in [0.05, 0.1) is 7.11 Å². The summed E-state index contributed by atoms with van der Waals surface area (Å²) in [5.74, 6) is 0.843. The lowest BCUT2D eigenvalue weighted by Crippen LogP contribution is -2.37. The average Bonchev–Trinajstić information content (AvgIpc) is 2.60. The van der Waals surface area contributed by atoms with Crippen LogP contribution in [0.4, 0.5) is 10.5 Å². The molecule has 0 unspecified atom stereocenters. The average molecular weight is 370 g/mol. The molecule has 0 saturated heterocycles. The third kappa shape index (κ3) is 7.21. The highest BCUT2D eigenvalue weighted by molar-refractivity contribution is 5.68. The van der Waals surface area contributed by atoms with Crippen LogP contribution in [-0.2, 0) is 17.7 Å². The van der Waals surface area contributed by atoms with E-state index >= 15 is 0 Å². The molecule has 2 N–H and O–H groups in total. The third-order valence-electron chi connectivity index (χ3n) is 4.03. The Morgan fingerprint density at radius 2 is 1.78 bits per heavy atom. The first kappa shape index (κ1) is 20.6. The van der Waals surface area contributed by atoms with Crippen molar-refractivity contribution >= 4 is 11.8 Å². The number of hydrogen-bond donors (Lipinski definition) is 1. The van der Waals surface area contributed by atoms with Crippen molar-refractivity contribution in [3.63, 3.8) is 0 Å². The molecule has 2 aromatic rings. The van der Waals surface area contributed by atoms with Crippen LogP contribution in [0, 0.1) is 0 Å². The summed E-state index contributed by atoms with van der Waals surface area (Å²) in [6, 6.07) is 15.6. The second-order valence-electron chi connectivity index (χ2n) is 7.60. The number of nitrogen functional groups attached to an aromatic ring is 1. The van der Waals surface area contributed by atoms with Gasteiger partial charge in [-0.3, -0.25) is 0 Å². The van der Waals surface area contributed by atoms with Gasteiger partial charge in [-0.1, -0.05) is 24.3 Å². The number of carbonyl (C=O) groups is 1. The predicted molar refractivity (Wildman–Crippen MR) is 109 cm³/mol. The molecule has 0 radical (unpaired) electrons. The maximum atomic E-state index is 12.6. The minimum Gasteiger partial charge on any atom is -0.497 e. The molecule has 0 fully saturated rings. The van der Waals surface area contributed by atoms with Crippen LogP contribution in [-0.4, -0.2) is 30.2 Å². The van der Waals surface area contributed by atoms with Crippen molar-refractivity contribution in [1.82, 2.24) is 4.90 Å². The minimum atomic E-state index is -0.527. The number of benzene rings is 2. The Balaban J connectivity index is 2.00. The molecule has 0 spiro atoms. The summed E-state index contributed by atoms with van der Waals surface area (Å²) < 4.78 is 10.8. The normalized spacial score (nSPS) is 11.1. The number of nitrogens with zero attached hydrogens (tertiary/aromatic N) is 1. The maximum absolute atomic E-state index is 12.6. The Kier molecular flexibility index (Phi) is 7.11. The topological polar surface area (TPSA) is 64.8 Å². The van der Waals surface area contributed by atoms with Gasteiger partial charge in [0.25, 0.3) is 0 Å². The second kappa shape index (κ2) is 9.31. The molecule has 5 heteroatoms. The van der Waals surface area contributed by atoms with Gasteiger partial charge in [0.2, 0.25) is 0 Å². The molecular weight excluding hydrogens is 340 g/mol. The van der Waals surface area contributed by atoms with Gasteiger partial charge in [-0.2, -0.15) is 0 Å². The number of methoxy groups -OCH3 is 1. The van der Waals surface area contributed by atoms with E-state index in [1.165, 1.54) is 5.56 Å². The number of anilines is 1. The fourth-order valence-corrected chi connectivity index (χ4v) is 2.74. The minimum absolute atomic E-state index is 0.306. The van der Waals surface area contributed by atoms with Gasteiger partial charge in [-0.05, 0) is 69.0 Å². The number of carbonyl (C=O) groups excluding carboxylic acids is 1. The van der Waals surface area contributed by atoms with E-state index in [0.717, 1.165) is 24.2 Å². The number of ether oxygens (including phenoxy) is 2. The fourth-order valence-electron chi connectivity index (χ4n) is 2.74. The first-order valence-electron chi connectivity index (χ1n) is 9.22. The Bertz CT molecular complexity index is 736. The largest absolute Gasteiger partial charge is 0.497 e. The molecule has 0 aromatic heterocycles. The van der Waals surface area contributed by atoms with E-state index < -0.39 is 5.60 Å². The van der Waals surface area contributed by atoms with Crippen molar-refractivity contribution in [3.8, 4) is 5.75 Å². The summed E-state index contributed by atoms with van der Waals surface area (Å²) in [6.45, 7) is 6.71. The zero-order chi connectivity index (χ0) is 19.9. The molecule has 146 valence electrons. The van der Waals surface area contributed by atoms with Crippen molar-refractivity contribution in [2.45, 2.75) is 45.8 Å². The summed E-state index contributed by atoms with van der Waals surface area (Å²) >= 11 is 0. The monoisotopic (exact) mass is 370 g/mol. The van der Waals surface area contributed by atoms with E-state index in [4.69, 9.17) is 15.2 Å². The summed E-state index contributed by atoms with van der Waals surface area (Å²) in [5, 5.41) is 0. The van der Waals surface area contributed by atoms with Gasteiger partial charge in [0, 0.05) is 18.8 Å². The lowest BCUT2D eigenvalue weighted by molar-refractivity contribution is 0.0231. The zero-order valence-electron chi connectivity index (χ0n) is 16.7. The highest BCUT2D eigenvalue weighted by Crippen LogP contribution is 2.16. The zero-order valence-corrected chi connectivity index (χ0v) is 16.7. The van der Waals surface area contributed by atoms with Crippen molar-refractivity contribution in [1.29, 1.82) is 0 Å².